The van der Waals surface area contributed by atoms with E-state index in [0.717, 1.165) is 17.5 Å². The first-order chi connectivity index (χ1) is 11.6. The minimum atomic E-state index is -0.161. The van der Waals surface area contributed by atoms with Crippen molar-refractivity contribution in [2.24, 2.45) is 0 Å². The van der Waals surface area contributed by atoms with Crippen LogP contribution in [0.5, 0.6) is 0 Å². The Hall–Kier alpha value is -2.88. The second-order valence-corrected chi connectivity index (χ2v) is 5.75. The van der Waals surface area contributed by atoms with Gasteiger partial charge in [-0.3, -0.25) is 14.9 Å². The average Bonchev–Trinajstić information content (AvgIpc) is 2.57. The molecule has 0 atom stereocenters. The summed E-state index contributed by atoms with van der Waals surface area (Å²) in [5.74, 6) is 0.0530. The van der Waals surface area contributed by atoms with Gasteiger partial charge in [0.15, 0.2) is 0 Å². The summed E-state index contributed by atoms with van der Waals surface area (Å²) < 4.78 is 5.94. The summed E-state index contributed by atoms with van der Waals surface area (Å²) in [6.45, 7) is 3.81. The fourth-order valence-corrected chi connectivity index (χ4v) is 2.73. The Bertz CT molecular complexity index is 942. The zero-order valence-electron chi connectivity index (χ0n) is 13.8. The molecule has 0 unspecified atom stereocenters. The molecule has 0 saturated heterocycles. The molecule has 1 amide bonds. The van der Waals surface area contributed by atoms with Crippen molar-refractivity contribution in [1.82, 2.24) is 0 Å². The molecule has 0 aliphatic rings. The highest BCUT2D eigenvalue weighted by Gasteiger charge is 2.18. The number of aryl methyl sites for hydroxylation is 1. The fourth-order valence-electron chi connectivity index (χ4n) is 2.73. The first kappa shape index (κ1) is 16.0. The minimum absolute atomic E-state index is 0.141. The van der Waals surface area contributed by atoms with Gasteiger partial charge in [-0.25, -0.2) is 0 Å². The quantitative estimate of drug-likeness (QED) is 0.769. The van der Waals surface area contributed by atoms with Crippen LogP contribution < -0.4 is 10.7 Å². The maximum absolute atomic E-state index is 13.0. The van der Waals surface area contributed by atoms with Crippen molar-refractivity contribution in [2.45, 2.75) is 26.7 Å². The minimum Gasteiger partial charge on any atom is -0.439 e. The second kappa shape index (κ2) is 6.71. The number of benzene rings is 2. The van der Waals surface area contributed by atoms with E-state index in [0.29, 0.717) is 23.0 Å². The summed E-state index contributed by atoms with van der Waals surface area (Å²) in [5, 5.41) is 3.28. The van der Waals surface area contributed by atoms with E-state index in [1.54, 1.807) is 6.07 Å². The van der Waals surface area contributed by atoms with Crippen molar-refractivity contribution in [1.29, 1.82) is 0 Å². The number of amides is 1. The van der Waals surface area contributed by atoms with Crippen LogP contribution in [0.1, 0.15) is 25.3 Å². The van der Waals surface area contributed by atoms with Crippen LogP contribution in [0.4, 0.5) is 5.88 Å². The number of fused-ring (bicyclic) bond motifs is 1. The SMILES string of the molecule is CCCC(=O)Nc1oc2c(C)cccc2c(=O)c1-c1ccccc1. The lowest BCUT2D eigenvalue weighted by Gasteiger charge is -2.12. The van der Waals surface area contributed by atoms with Gasteiger partial charge >= 0.3 is 0 Å². The summed E-state index contributed by atoms with van der Waals surface area (Å²) in [6, 6.07) is 14.7. The van der Waals surface area contributed by atoms with E-state index in [-0.39, 0.29) is 17.2 Å². The van der Waals surface area contributed by atoms with Gasteiger partial charge in [0.2, 0.25) is 17.2 Å². The molecule has 0 aliphatic carbocycles. The van der Waals surface area contributed by atoms with Crippen molar-refractivity contribution < 1.29 is 9.21 Å². The maximum Gasteiger partial charge on any atom is 0.226 e. The molecule has 1 aromatic heterocycles. The van der Waals surface area contributed by atoms with Gasteiger partial charge in [-0.15, -0.1) is 0 Å². The third-order valence-corrected chi connectivity index (χ3v) is 3.91. The van der Waals surface area contributed by atoms with Crippen LogP contribution >= 0.6 is 0 Å². The molecule has 0 radical (unpaired) electrons. The molecule has 4 nitrogen and oxygen atoms in total. The van der Waals surface area contributed by atoms with E-state index in [1.165, 1.54) is 0 Å². The Kier molecular flexibility index (Phi) is 4.47. The average molecular weight is 321 g/mol. The van der Waals surface area contributed by atoms with Gasteiger partial charge in [-0.1, -0.05) is 49.4 Å². The maximum atomic E-state index is 13.0. The molecular weight excluding hydrogens is 302 g/mol. The van der Waals surface area contributed by atoms with Crippen LogP contribution in [0.3, 0.4) is 0 Å². The van der Waals surface area contributed by atoms with Gasteiger partial charge in [0.05, 0.1) is 10.9 Å². The smallest absolute Gasteiger partial charge is 0.226 e. The number of nitrogens with one attached hydrogen (secondary N) is 1. The third kappa shape index (κ3) is 2.95. The zero-order valence-corrected chi connectivity index (χ0v) is 13.8. The third-order valence-electron chi connectivity index (χ3n) is 3.91. The predicted octanol–water partition coefficient (Wildman–Crippen LogP) is 4.51. The number of hydrogen-bond donors (Lipinski definition) is 1. The van der Waals surface area contributed by atoms with Crippen LogP contribution in [0.2, 0.25) is 0 Å². The highest BCUT2D eigenvalue weighted by atomic mass is 16.4. The van der Waals surface area contributed by atoms with E-state index < -0.39 is 0 Å². The van der Waals surface area contributed by atoms with E-state index in [9.17, 15) is 9.59 Å². The zero-order chi connectivity index (χ0) is 17.1. The molecule has 4 heteroatoms. The van der Waals surface area contributed by atoms with E-state index in [4.69, 9.17) is 4.42 Å². The molecule has 1 heterocycles. The Morgan fingerprint density at radius 1 is 1.08 bits per heavy atom. The molecule has 3 rings (SSSR count). The topological polar surface area (TPSA) is 59.3 Å². The van der Waals surface area contributed by atoms with Gasteiger partial charge in [-0.05, 0) is 30.5 Å². The number of carbonyl (C=O) groups excluding carboxylic acids is 1. The predicted molar refractivity (Wildman–Crippen MR) is 96.2 cm³/mol. The molecule has 1 N–H and O–H groups in total. The van der Waals surface area contributed by atoms with Crippen LogP contribution in [-0.4, -0.2) is 5.91 Å². The Labute approximate surface area is 140 Å². The lowest BCUT2D eigenvalue weighted by atomic mass is 10.0. The highest BCUT2D eigenvalue weighted by Crippen LogP contribution is 2.29. The van der Waals surface area contributed by atoms with Gasteiger partial charge in [-0.2, -0.15) is 0 Å². The first-order valence-electron chi connectivity index (χ1n) is 8.03. The Morgan fingerprint density at radius 3 is 2.54 bits per heavy atom. The van der Waals surface area contributed by atoms with Crippen molar-refractivity contribution in [3.05, 3.63) is 64.3 Å². The number of rotatable bonds is 4. The summed E-state index contributed by atoms with van der Waals surface area (Å²) in [6.07, 6.45) is 1.10. The molecule has 122 valence electrons. The second-order valence-electron chi connectivity index (χ2n) is 5.75. The number of anilines is 1. The number of para-hydroxylation sites is 1. The van der Waals surface area contributed by atoms with Crippen LogP contribution in [0.15, 0.2) is 57.7 Å². The molecule has 2 aromatic carbocycles. The summed E-state index contributed by atoms with van der Waals surface area (Å²) in [5.41, 5.74) is 2.33. The molecule has 0 aliphatic heterocycles. The van der Waals surface area contributed by atoms with Crippen molar-refractivity contribution in [2.75, 3.05) is 5.32 Å². The lowest BCUT2D eigenvalue weighted by Crippen LogP contribution is -2.16. The van der Waals surface area contributed by atoms with E-state index in [2.05, 4.69) is 5.32 Å². The van der Waals surface area contributed by atoms with Crippen LogP contribution in [0, 0.1) is 6.92 Å². The van der Waals surface area contributed by atoms with Crippen molar-refractivity contribution >= 4 is 22.8 Å². The van der Waals surface area contributed by atoms with Gasteiger partial charge in [0, 0.05) is 6.42 Å². The molecule has 0 saturated carbocycles. The normalized spacial score (nSPS) is 10.8. The van der Waals surface area contributed by atoms with E-state index in [1.807, 2.05) is 56.3 Å². The largest absolute Gasteiger partial charge is 0.439 e. The van der Waals surface area contributed by atoms with Crippen LogP contribution in [-0.2, 0) is 4.79 Å². The summed E-state index contributed by atoms with van der Waals surface area (Å²) >= 11 is 0. The van der Waals surface area contributed by atoms with Gasteiger partial charge in [0.1, 0.15) is 5.58 Å². The Balaban J connectivity index is 2.28. The molecule has 3 aromatic rings. The van der Waals surface area contributed by atoms with Gasteiger partial charge < -0.3 is 4.42 Å². The molecule has 24 heavy (non-hydrogen) atoms. The highest BCUT2D eigenvalue weighted by molar-refractivity contribution is 5.96. The molecule has 0 spiro atoms. The van der Waals surface area contributed by atoms with E-state index >= 15 is 0 Å². The molecule has 0 bridgehead atoms. The molecule has 0 fully saturated rings. The monoisotopic (exact) mass is 321 g/mol. The van der Waals surface area contributed by atoms with Gasteiger partial charge in [0.25, 0.3) is 0 Å². The summed E-state index contributed by atoms with van der Waals surface area (Å²) in [7, 11) is 0. The first-order valence-corrected chi connectivity index (χ1v) is 8.03. The fraction of sp³-hybridized carbons (Fsp3) is 0.200. The van der Waals surface area contributed by atoms with Crippen molar-refractivity contribution in [3.63, 3.8) is 0 Å². The standard InChI is InChI=1S/C20H19NO3/c1-3-8-16(22)21-20-17(14-10-5-4-6-11-14)18(23)15-12-7-9-13(2)19(15)24-20/h4-7,9-12H,3,8H2,1-2H3,(H,21,22). The molecular formula is C20H19NO3. The summed E-state index contributed by atoms with van der Waals surface area (Å²) in [4.78, 5) is 25.1. The van der Waals surface area contributed by atoms with Crippen LogP contribution in [0.25, 0.3) is 22.1 Å². The number of carbonyl (C=O) groups is 1. The van der Waals surface area contributed by atoms with Crippen molar-refractivity contribution in [3.8, 4) is 11.1 Å². The lowest BCUT2D eigenvalue weighted by molar-refractivity contribution is -0.116. The number of hydrogen-bond acceptors (Lipinski definition) is 3. The Morgan fingerprint density at radius 2 is 1.83 bits per heavy atom.